The fourth-order valence-electron chi connectivity index (χ4n) is 3.54. The molecule has 3 heterocycles. The van der Waals surface area contributed by atoms with Gasteiger partial charge in [0, 0.05) is 0 Å². The van der Waals surface area contributed by atoms with Crippen molar-refractivity contribution < 1.29 is 9.53 Å². The van der Waals surface area contributed by atoms with Gasteiger partial charge in [0.05, 0.1) is 30.3 Å². The molecule has 2 aliphatic rings. The number of esters is 1. The highest BCUT2D eigenvalue weighted by atomic mass is 32.2. The van der Waals surface area contributed by atoms with Crippen LogP contribution in [0.25, 0.3) is 10.2 Å². The van der Waals surface area contributed by atoms with E-state index in [1.54, 1.807) is 18.7 Å². The van der Waals surface area contributed by atoms with Crippen molar-refractivity contribution in [1.82, 2.24) is 15.3 Å². The molecule has 1 saturated carbocycles. The maximum Gasteiger partial charge on any atom is 0.348 e. The van der Waals surface area contributed by atoms with Crippen LogP contribution in [-0.2, 0) is 10.5 Å². The van der Waals surface area contributed by atoms with E-state index in [1.165, 1.54) is 37.7 Å². The van der Waals surface area contributed by atoms with E-state index in [1.807, 2.05) is 0 Å². The van der Waals surface area contributed by atoms with Gasteiger partial charge in [0.1, 0.15) is 15.5 Å². The van der Waals surface area contributed by atoms with Crippen LogP contribution in [0.4, 0.5) is 0 Å². The highest BCUT2D eigenvalue weighted by Crippen LogP contribution is 2.29. The molecule has 0 saturated heterocycles. The third-order valence-corrected chi connectivity index (χ3v) is 6.97. The number of ether oxygens (including phenoxy) is 1. The number of hydrogen-bond acceptors (Lipinski definition) is 8. The van der Waals surface area contributed by atoms with Gasteiger partial charge < -0.3 is 15.0 Å². The fourth-order valence-corrected chi connectivity index (χ4v) is 5.51. The quantitative estimate of drug-likeness (QED) is 0.780. The van der Waals surface area contributed by atoms with Gasteiger partial charge >= 0.3 is 5.97 Å². The molecule has 7 nitrogen and oxygen atoms in total. The van der Waals surface area contributed by atoms with Crippen LogP contribution in [0.1, 0.15) is 46.7 Å². The molecule has 0 aromatic carbocycles. The van der Waals surface area contributed by atoms with Crippen molar-refractivity contribution in [2.24, 2.45) is 4.99 Å². The molecule has 2 atom stereocenters. The summed E-state index contributed by atoms with van der Waals surface area (Å²) < 4.78 is 4.78. The first-order valence-corrected chi connectivity index (χ1v) is 10.4. The van der Waals surface area contributed by atoms with E-state index >= 15 is 0 Å². The number of carbonyl (C=O) groups excluding carboxylic acids is 1. The van der Waals surface area contributed by atoms with Gasteiger partial charge in [0.25, 0.3) is 5.56 Å². The van der Waals surface area contributed by atoms with Crippen molar-refractivity contribution >= 4 is 44.5 Å². The molecule has 0 bridgehead atoms. The van der Waals surface area contributed by atoms with Crippen LogP contribution in [0.5, 0.6) is 0 Å². The van der Waals surface area contributed by atoms with Gasteiger partial charge in [0.2, 0.25) is 0 Å². The summed E-state index contributed by atoms with van der Waals surface area (Å²) in [6.45, 7) is 1.75. The monoisotopic (exact) mass is 392 g/mol. The first-order valence-electron chi connectivity index (χ1n) is 8.64. The molecule has 4 rings (SSSR count). The third kappa shape index (κ3) is 3.14. The largest absolute Gasteiger partial charge is 0.465 e. The third-order valence-electron chi connectivity index (χ3n) is 4.89. The van der Waals surface area contributed by atoms with Crippen molar-refractivity contribution in [3.05, 3.63) is 26.6 Å². The Hall–Kier alpha value is -1.87. The maximum absolute atomic E-state index is 12.4. The van der Waals surface area contributed by atoms with E-state index in [0.717, 1.165) is 11.6 Å². The normalized spacial score (nSPS) is 22.0. The van der Waals surface area contributed by atoms with Crippen LogP contribution in [0.15, 0.2) is 9.79 Å². The maximum atomic E-state index is 12.4. The van der Waals surface area contributed by atoms with Gasteiger partial charge in [-0.2, -0.15) is 0 Å². The molecule has 1 aliphatic carbocycles. The van der Waals surface area contributed by atoms with Crippen LogP contribution in [0.3, 0.4) is 0 Å². The minimum atomic E-state index is -0.437. The number of nitrogens with one attached hydrogen (secondary N) is 2. The number of aliphatic imine (C=N–C) groups is 1. The standard InChI is InChI=1S/C17H20N4O3S2/c1-8-12-14(22)20-11(21-15(12)26-13(8)16(23)24-2)7-25-17-18-9-5-3-4-6-10(9)19-17/h9-10H,3-7H2,1-2H3,(H,18,19)(H,20,21,22). The minimum absolute atomic E-state index is 0.218. The van der Waals surface area contributed by atoms with Gasteiger partial charge in [-0.25, -0.2) is 9.78 Å². The molecule has 1 aliphatic heterocycles. The van der Waals surface area contributed by atoms with E-state index < -0.39 is 5.97 Å². The highest BCUT2D eigenvalue weighted by Gasteiger charge is 2.30. The van der Waals surface area contributed by atoms with Crippen molar-refractivity contribution in [3.63, 3.8) is 0 Å². The van der Waals surface area contributed by atoms with Crippen LogP contribution in [-0.4, -0.2) is 40.3 Å². The summed E-state index contributed by atoms with van der Waals surface area (Å²) in [5, 5.41) is 4.88. The number of nitrogens with zero attached hydrogens (tertiary/aromatic N) is 2. The lowest BCUT2D eigenvalue weighted by Gasteiger charge is -2.23. The van der Waals surface area contributed by atoms with Crippen molar-refractivity contribution in [1.29, 1.82) is 0 Å². The Balaban J connectivity index is 1.54. The van der Waals surface area contributed by atoms with E-state index in [9.17, 15) is 9.59 Å². The number of carbonyl (C=O) groups is 1. The lowest BCUT2D eigenvalue weighted by molar-refractivity contribution is 0.0605. The molecule has 2 aromatic rings. The summed E-state index contributed by atoms with van der Waals surface area (Å²) in [5.41, 5.74) is 0.403. The van der Waals surface area contributed by atoms with E-state index in [4.69, 9.17) is 9.73 Å². The van der Waals surface area contributed by atoms with Crippen molar-refractivity contribution in [3.8, 4) is 0 Å². The molecule has 1 fully saturated rings. The van der Waals surface area contributed by atoms with Crippen LogP contribution in [0, 0.1) is 6.92 Å². The highest BCUT2D eigenvalue weighted by molar-refractivity contribution is 8.13. The summed E-state index contributed by atoms with van der Waals surface area (Å²) in [5.74, 6) is 0.679. The Morgan fingerprint density at radius 1 is 1.38 bits per heavy atom. The van der Waals surface area contributed by atoms with E-state index in [2.05, 4.69) is 15.3 Å². The Morgan fingerprint density at radius 2 is 2.19 bits per heavy atom. The summed E-state index contributed by atoms with van der Waals surface area (Å²) >= 11 is 2.76. The second kappa shape index (κ2) is 7.03. The number of hydrogen-bond donors (Lipinski definition) is 2. The molecular weight excluding hydrogens is 372 g/mol. The number of methoxy groups -OCH3 is 1. The lowest BCUT2D eigenvalue weighted by Crippen LogP contribution is -2.36. The Labute approximate surface area is 158 Å². The minimum Gasteiger partial charge on any atom is -0.465 e. The number of aromatic nitrogens is 2. The molecule has 2 aromatic heterocycles. The first kappa shape index (κ1) is 17.5. The Bertz CT molecular complexity index is 949. The summed E-state index contributed by atoms with van der Waals surface area (Å²) in [6, 6.07) is 0.853. The summed E-state index contributed by atoms with van der Waals surface area (Å²) in [6.07, 6.45) is 4.82. The number of aromatic amines is 1. The summed E-state index contributed by atoms with van der Waals surface area (Å²) in [7, 11) is 1.33. The van der Waals surface area contributed by atoms with Crippen molar-refractivity contribution in [2.45, 2.75) is 50.4 Å². The predicted molar refractivity (Wildman–Crippen MR) is 104 cm³/mol. The Morgan fingerprint density at radius 3 is 2.96 bits per heavy atom. The number of thioether (sulfide) groups is 1. The van der Waals surface area contributed by atoms with Gasteiger partial charge in [-0.1, -0.05) is 24.6 Å². The van der Waals surface area contributed by atoms with Gasteiger partial charge in [-0.3, -0.25) is 9.79 Å². The topological polar surface area (TPSA) is 96.4 Å². The van der Waals surface area contributed by atoms with Crippen LogP contribution in [0.2, 0.25) is 0 Å². The predicted octanol–water partition coefficient (Wildman–Crippen LogP) is 2.58. The zero-order valence-electron chi connectivity index (χ0n) is 14.6. The van der Waals surface area contributed by atoms with Crippen molar-refractivity contribution in [2.75, 3.05) is 7.11 Å². The number of aryl methyl sites for hydroxylation is 1. The second-order valence-corrected chi connectivity index (χ2v) is 8.53. The van der Waals surface area contributed by atoms with Crippen LogP contribution >= 0.6 is 23.1 Å². The zero-order valence-corrected chi connectivity index (χ0v) is 16.3. The molecule has 26 heavy (non-hydrogen) atoms. The lowest BCUT2D eigenvalue weighted by atomic mass is 9.92. The number of amidine groups is 1. The molecule has 9 heteroatoms. The molecule has 0 amide bonds. The van der Waals surface area contributed by atoms with Gasteiger partial charge in [-0.05, 0) is 25.3 Å². The number of H-pyrrole nitrogens is 1. The van der Waals surface area contributed by atoms with E-state index in [0.29, 0.717) is 44.3 Å². The molecular formula is C17H20N4O3S2. The zero-order chi connectivity index (χ0) is 18.3. The van der Waals surface area contributed by atoms with Gasteiger partial charge in [-0.15, -0.1) is 11.3 Å². The SMILES string of the molecule is COC(=O)c1sc2nc(CSC3=NC4CCCCC4N3)[nH]c(=O)c2c1C. The molecule has 0 spiro atoms. The smallest absolute Gasteiger partial charge is 0.348 e. The number of thiophene rings is 1. The molecule has 2 unspecified atom stereocenters. The number of fused-ring (bicyclic) bond motifs is 2. The van der Waals surface area contributed by atoms with Gasteiger partial charge in [0.15, 0.2) is 5.17 Å². The van der Waals surface area contributed by atoms with E-state index in [-0.39, 0.29) is 5.56 Å². The number of rotatable bonds is 3. The second-order valence-electron chi connectivity index (χ2n) is 6.57. The molecule has 0 radical (unpaired) electrons. The first-order chi connectivity index (χ1) is 12.6. The molecule has 2 N–H and O–H groups in total. The average Bonchev–Trinajstić information content (AvgIpc) is 3.20. The average molecular weight is 393 g/mol. The molecule has 138 valence electrons. The Kier molecular flexibility index (Phi) is 4.74. The fraction of sp³-hybridized carbons (Fsp3) is 0.529. The summed E-state index contributed by atoms with van der Waals surface area (Å²) in [4.78, 5) is 37.4. The van der Waals surface area contributed by atoms with Crippen LogP contribution < -0.4 is 10.9 Å².